The van der Waals surface area contributed by atoms with Gasteiger partial charge in [0, 0.05) is 24.2 Å². The van der Waals surface area contributed by atoms with Gasteiger partial charge in [0.1, 0.15) is 11.5 Å². The van der Waals surface area contributed by atoms with Crippen LogP contribution in [0.25, 0.3) is 0 Å². The second-order valence-corrected chi connectivity index (χ2v) is 8.88. The molecule has 1 N–H and O–H groups in total. The van der Waals surface area contributed by atoms with Crippen LogP contribution >= 0.6 is 0 Å². The number of rotatable bonds is 7. The first kappa shape index (κ1) is 21.1. The minimum absolute atomic E-state index is 0.207. The van der Waals surface area contributed by atoms with Gasteiger partial charge in [-0.25, -0.2) is 8.42 Å². The van der Waals surface area contributed by atoms with Crippen molar-refractivity contribution in [3.05, 3.63) is 53.6 Å². The number of hydrogen-bond donors (Lipinski definition) is 1. The predicted molar refractivity (Wildman–Crippen MR) is 110 cm³/mol. The van der Waals surface area contributed by atoms with Gasteiger partial charge in [0.2, 0.25) is 10.0 Å². The molecule has 0 aromatic heterocycles. The molecule has 1 aliphatic rings. The topological polar surface area (TPSA) is 84.9 Å². The van der Waals surface area contributed by atoms with E-state index in [4.69, 9.17) is 9.47 Å². The van der Waals surface area contributed by atoms with Crippen molar-refractivity contribution in [3.63, 3.8) is 0 Å². The van der Waals surface area contributed by atoms with Crippen LogP contribution < -0.4 is 14.8 Å². The van der Waals surface area contributed by atoms with E-state index in [1.165, 1.54) is 28.6 Å². The first-order valence-corrected chi connectivity index (χ1v) is 10.9. The monoisotopic (exact) mass is 418 g/mol. The number of carbonyl (C=O) groups excluding carboxylic acids is 1. The standard InChI is InChI=1S/C21H26N2O5S/c1-15(19-14-17(27-2)8-11-20(19)28-3)22-21(24)16-6-9-18(10-7-16)29(25,26)23-12-4-5-13-23/h6-11,14-15H,4-5,12-13H2,1-3H3,(H,22,24). The van der Waals surface area contributed by atoms with Crippen LogP contribution in [0.4, 0.5) is 0 Å². The summed E-state index contributed by atoms with van der Waals surface area (Å²) in [5.74, 6) is 1.01. The molecule has 3 rings (SSSR count). The van der Waals surface area contributed by atoms with Crippen molar-refractivity contribution in [1.82, 2.24) is 9.62 Å². The van der Waals surface area contributed by atoms with Gasteiger partial charge in [-0.3, -0.25) is 4.79 Å². The number of nitrogens with one attached hydrogen (secondary N) is 1. The van der Waals surface area contributed by atoms with Gasteiger partial charge in [-0.2, -0.15) is 4.31 Å². The molecule has 1 aliphatic heterocycles. The number of benzene rings is 2. The van der Waals surface area contributed by atoms with E-state index < -0.39 is 10.0 Å². The number of amides is 1. The molecule has 1 heterocycles. The lowest BCUT2D eigenvalue weighted by atomic mass is 10.1. The Hall–Kier alpha value is -2.58. The third kappa shape index (κ3) is 4.54. The van der Waals surface area contributed by atoms with Crippen molar-refractivity contribution < 1.29 is 22.7 Å². The summed E-state index contributed by atoms with van der Waals surface area (Å²) in [5.41, 5.74) is 1.17. The summed E-state index contributed by atoms with van der Waals surface area (Å²) in [6, 6.07) is 11.1. The molecule has 2 aromatic carbocycles. The number of nitrogens with zero attached hydrogens (tertiary/aromatic N) is 1. The Labute approximate surface area is 171 Å². The predicted octanol–water partition coefficient (Wildman–Crippen LogP) is 2.98. The van der Waals surface area contributed by atoms with Crippen LogP contribution in [-0.4, -0.2) is 45.9 Å². The van der Waals surface area contributed by atoms with Gasteiger partial charge in [0.15, 0.2) is 0 Å². The Morgan fingerprint density at radius 2 is 1.69 bits per heavy atom. The smallest absolute Gasteiger partial charge is 0.251 e. The molecule has 0 spiro atoms. The summed E-state index contributed by atoms with van der Waals surface area (Å²) in [5, 5.41) is 2.92. The molecule has 0 bridgehead atoms. The van der Waals surface area contributed by atoms with E-state index in [-0.39, 0.29) is 16.8 Å². The molecule has 1 fully saturated rings. The fraction of sp³-hybridized carbons (Fsp3) is 0.381. The van der Waals surface area contributed by atoms with Gasteiger partial charge in [-0.1, -0.05) is 0 Å². The van der Waals surface area contributed by atoms with Gasteiger partial charge >= 0.3 is 0 Å². The normalized spacial score (nSPS) is 15.7. The molecule has 1 amide bonds. The molecule has 29 heavy (non-hydrogen) atoms. The lowest BCUT2D eigenvalue weighted by Gasteiger charge is -2.19. The zero-order valence-corrected chi connectivity index (χ0v) is 17.7. The number of ether oxygens (including phenoxy) is 2. The Morgan fingerprint density at radius 1 is 1.03 bits per heavy atom. The Balaban J connectivity index is 1.74. The lowest BCUT2D eigenvalue weighted by Crippen LogP contribution is -2.28. The van der Waals surface area contributed by atoms with Gasteiger partial charge in [-0.05, 0) is 62.2 Å². The van der Waals surface area contributed by atoms with Crippen molar-refractivity contribution >= 4 is 15.9 Å². The maximum Gasteiger partial charge on any atom is 0.251 e. The quantitative estimate of drug-likeness (QED) is 0.747. The van der Waals surface area contributed by atoms with E-state index in [2.05, 4.69) is 5.32 Å². The average molecular weight is 419 g/mol. The van der Waals surface area contributed by atoms with Crippen LogP contribution in [0.15, 0.2) is 47.4 Å². The highest BCUT2D eigenvalue weighted by molar-refractivity contribution is 7.89. The maximum atomic E-state index is 12.7. The number of hydrogen-bond acceptors (Lipinski definition) is 5. The summed E-state index contributed by atoms with van der Waals surface area (Å²) in [6.45, 7) is 2.94. The van der Waals surface area contributed by atoms with Crippen LogP contribution in [0.5, 0.6) is 11.5 Å². The van der Waals surface area contributed by atoms with E-state index >= 15 is 0 Å². The van der Waals surface area contributed by atoms with E-state index in [1.807, 2.05) is 13.0 Å². The summed E-state index contributed by atoms with van der Waals surface area (Å²) >= 11 is 0. The van der Waals surface area contributed by atoms with E-state index in [9.17, 15) is 13.2 Å². The van der Waals surface area contributed by atoms with Crippen LogP contribution in [0.3, 0.4) is 0 Å². The highest BCUT2D eigenvalue weighted by atomic mass is 32.2. The van der Waals surface area contributed by atoms with Gasteiger partial charge in [-0.15, -0.1) is 0 Å². The third-order valence-electron chi connectivity index (χ3n) is 5.07. The fourth-order valence-corrected chi connectivity index (χ4v) is 4.91. The van der Waals surface area contributed by atoms with Crippen LogP contribution in [-0.2, 0) is 10.0 Å². The second-order valence-electron chi connectivity index (χ2n) is 6.94. The molecule has 8 heteroatoms. The fourth-order valence-electron chi connectivity index (χ4n) is 3.39. The summed E-state index contributed by atoms with van der Waals surface area (Å²) in [7, 11) is -0.348. The Bertz CT molecular complexity index is 967. The van der Waals surface area contributed by atoms with E-state index in [0.717, 1.165) is 18.4 Å². The summed E-state index contributed by atoms with van der Waals surface area (Å²) in [4.78, 5) is 12.9. The molecule has 1 atom stereocenters. The van der Waals surface area contributed by atoms with Gasteiger partial charge < -0.3 is 14.8 Å². The molecular weight excluding hydrogens is 392 g/mol. The summed E-state index contributed by atoms with van der Waals surface area (Å²) < 4.78 is 37.3. The molecule has 0 saturated carbocycles. The van der Waals surface area contributed by atoms with Crippen molar-refractivity contribution in [3.8, 4) is 11.5 Å². The largest absolute Gasteiger partial charge is 0.497 e. The minimum atomic E-state index is -3.49. The molecule has 156 valence electrons. The zero-order valence-electron chi connectivity index (χ0n) is 16.8. The number of carbonyl (C=O) groups is 1. The van der Waals surface area contributed by atoms with Crippen molar-refractivity contribution in [1.29, 1.82) is 0 Å². The number of sulfonamides is 1. The maximum absolute atomic E-state index is 12.7. The highest BCUT2D eigenvalue weighted by Crippen LogP contribution is 2.29. The van der Waals surface area contributed by atoms with Crippen molar-refractivity contribution in [2.24, 2.45) is 0 Å². The summed E-state index contributed by atoms with van der Waals surface area (Å²) in [6.07, 6.45) is 1.76. The molecule has 1 saturated heterocycles. The van der Waals surface area contributed by atoms with Gasteiger partial charge in [0.25, 0.3) is 5.91 Å². The van der Waals surface area contributed by atoms with Crippen LogP contribution in [0.1, 0.15) is 41.7 Å². The molecule has 0 radical (unpaired) electrons. The Kier molecular flexibility index (Phi) is 6.44. The third-order valence-corrected chi connectivity index (χ3v) is 6.98. The molecule has 0 aliphatic carbocycles. The average Bonchev–Trinajstić information content (AvgIpc) is 3.29. The Morgan fingerprint density at radius 3 is 2.28 bits per heavy atom. The van der Waals surface area contributed by atoms with Crippen LogP contribution in [0.2, 0.25) is 0 Å². The second kappa shape index (κ2) is 8.84. The molecule has 7 nitrogen and oxygen atoms in total. The molecule has 1 unspecified atom stereocenters. The number of methoxy groups -OCH3 is 2. The lowest BCUT2D eigenvalue weighted by molar-refractivity contribution is 0.0939. The van der Waals surface area contributed by atoms with Gasteiger partial charge in [0.05, 0.1) is 25.2 Å². The van der Waals surface area contributed by atoms with E-state index in [1.54, 1.807) is 26.4 Å². The van der Waals surface area contributed by atoms with Crippen LogP contribution in [0, 0.1) is 0 Å². The highest BCUT2D eigenvalue weighted by Gasteiger charge is 2.27. The molecular formula is C21H26N2O5S. The SMILES string of the molecule is COc1ccc(OC)c(C(C)NC(=O)c2ccc(S(=O)(=O)N3CCCC3)cc2)c1. The first-order valence-electron chi connectivity index (χ1n) is 9.50. The molecule has 2 aromatic rings. The van der Waals surface area contributed by atoms with Crippen molar-refractivity contribution in [2.75, 3.05) is 27.3 Å². The minimum Gasteiger partial charge on any atom is -0.497 e. The van der Waals surface area contributed by atoms with Crippen molar-refractivity contribution in [2.45, 2.75) is 30.7 Å². The first-order chi connectivity index (χ1) is 13.9. The zero-order chi connectivity index (χ0) is 21.0. The van der Waals surface area contributed by atoms with E-state index in [0.29, 0.717) is 30.2 Å².